The van der Waals surface area contributed by atoms with Gasteiger partial charge in [-0.3, -0.25) is 4.79 Å². The zero-order chi connectivity index (χ0) is 15.0. The van der Waals surface area contributed by atoms with Crippen LogP contribution in [0.4, 0.5) is 5.82 Å². The van der Waals surface area contributed by atoms with Gasteiger partial charge in [-0.05, 0) is 66.5 Å². The van der Waals surface area contributed by atoms with Crippen molar-refractivity contribution in [3.8, 4) is 0 Å². The summed E-state index contributed by atoms with van der Waals surface area (Å²) in [5.41, 5.74) is 0.664. The zero-order valence-corrected chi connectivity index (χ0v) is 15.3. The number of rotatable bonds is 4. The molecular formula is C15H15BrIN3O. The maximum absolute atomic E-state index is 12.5. The maximum Gasteiger partial charge on any atom is 0.257 e. The fraction of sp³-hybridized carbons (Fsp3) is 0.333. The molecule has 1 unspecified atom stereocenters. The Kier molecular flexibility index (Phi) is 4.35. The third kappa shape index (κ3) is 3.31. The Morgan fingerprint density at radius 1 is 1.48 bits per heavy atom. The molecule has 1 aromatic carbocycles. The number of carbonyl (C=O) groups excluding carboxylic acids is 1. The molecule has 1 aromatic heterocycles. The van der Waals surface area contributed by atoms with Gasteiger partial charge in [0.25, 0.3) is 5.91 Å². The Morgan fingerprint density at radius 3 is 2.95 bits per heavy atom. The van der Waals surface area contributed by atoms with E-state index in [-0.39, 0.29) is 5.91 Å². The number of aromatic nitrogens is 2. The minimum Gasteiger partial charge on any atom is -0.307 e. The highest BCUT2D eigenvalue weighted by Gasteiger charge is 2.30. The van der Waals surface area contributed by atoms with Crippen molar-refractivity contribution >= 4 is 50.2 Å². The molecule has 0 saturated heterocycles. The largest absolute Gasteiger partial charge is 0.307 e. The molecule has 1 atom stereocenters. The minimum atomic E-state index is -0.106. The predicted octanol–water partition coefficient (Wildman–Crippen LogP) is 4.47. The van der Waals surface area contributed by atoms with Crippen LogP contribution >= 0.6 is 38.5 Å². The van der Waals surface area contributed by atoms with Gasteiger partial charge in [0.05, 0.1) is 17.8 Å². The molecule has 0 aliphatic heterocycles. The van der Waals surface area contributed by atoms with E-state index in [1.807, 2.05) is 28.9 Å². The van der Waals surface area contributed by atoms with Crippen LogP contribution in [0.15, 0.2) is 34.9 Å². The predicted molar refractivity (Wildman–Crippen MR) is 94.5 cm³/mol. The second-order valence-electron chi connectivity index (χ2n) is 5.32. The van der Waals surface area contributed by atoms with E-state index in [4.69, 9.17) is 0 Å². The molecule has 0 spiro atoms. The van der Waals surface area contributed by atoms with Crippen molar-refractivity contribution in [2.45, 2.75) is 25.8 Å². The molecule has 1 heterocycles. The quantitative estimate of drug-likeness (QED) is 0.685. The van der Waals surface area contributed by atoms with Gasteiger partial charge in [0.1, 0.15) is 5.82 Å². The zero-order valence-electron chi connectivity index (χ0n) is 11.5. The number of amides is 1. The van der Waals surface area contributed by atoms with Gasteiger partial charge in [-0.2, -0.15) is 5.10 Å². The summed E-state index contributed by atoms with van der Waals surface area (Å²) in [6.45, 7) is 2.16. The summed E-state index contributed by atoms with van der Waals surface area (Å²) >= 11 is 5.58. The van der Waals surface area contributed by atoms with E-state index in [9.17, 15) is 4.79 Å². The fourth-order valence-electron chi connectivity index (χ4n) is 2.37. The van der Waals surface area contributed by atoms with Crippen molar-refractivity contribution in [3.63, 3.8) is 0 Å². The van der Waals surface area contributed by atoms with Crippen molar-refractivity contribution in [2.75, 3.05) is 5.32 Å². The lowest BCUT2D eigenvalue weighted by Gasteiger charge is -2.15. The van der Waals surface area contributed by atoms with Crippen LogP contribution in [0, 0.1) is 9.49 Å². The molecule has 1 aliphatic carbocycles. The minimum absolute atomic E-state index is 0.106. The molecule has 1 saturated carbocycles. The molecule has 0 bridgehead atoms. The van der Waals surface area contributed by atoms with Gasteiger partial charge >= 0.3 is 0 Å². The summed E-state index contributed by atoms with van der Waals surface area (Å²) in [6, 6.07) is 7.86. The highest BCUT2D eigenvalue weighted by atomic mass is 127. The topological polar surface area (TPSA) is 46.9 Å². The van der Waals surface area contributed by atoms with Crippen molar-refractivity contribution in [3.05, 3.63) is 44.1 Å². The van der Waals surface area contributed by atoms with Gasteiger partial charge in [0.2, 0.25) is 0 Å². The van der Waals surface area contributed by atoms with Gasteiger partial charge in [-0.1, -0.05) is 15.9 Å². The molecule has 2 aromatic rings. The average Bonchev–Trinajstić information content (AvgIpc) is 3.21. The van der Waals surface area contributed by atoms with Crippen molar-refractivity contribution in [1.29, 1.82) is 0 Å². The first-order valence-corrected chi connectivity index (χ1v) is 8.73. The molecule has 1 aliphatic rings. The van der Waals surface area contributed by atoms with Gasteiger partial charge < -0.3 is 5.32 Å². The average molecular weight is 460 g/mol. The van der Waals surface area contributed by atoms with E-state index in [2.05, 4.69) is 55.9 Å². The lowest BCUT2D eigenvalue weighted by molar-refractivity contribution is 0.102. The first-order chi connectivity index (χ1) is 10.1. The fourth-order valence-corrected chi connectivity index (χ4v) is 3.31. The van der Waals surface area contributed by atoms with E-state index in [0.717, 1.165) is 13.9 Å². The Hall–Kier alpha value is -0.890. The molecular weight excluding hydrogens is 445 g/mol. The number of halogens is 2. The highest BCUT2D eigenvalue weighted by molar-refractivity contribution is 14.1. The van der Waals surface area contributed by atoms with Crippen LogP contribution in [0.2, 0.25) is 0 Å². The van der Waals surface area contributed by atoms with Crippen LogP contribution in [0.1, 0.15) is 36.2 Å². The molecule has 3 rings (SSSR count). The van der Waals surface area contributed by atoms with E-state index in [1.54, 1.807) is 6.20 Å². The van der Waals surface area contributed by atoms with Crippen LogP contribution in [0.25, 0.3) is 0 Å². The molecule has 1 fully saturated rings. The van der Waals surface area contributed by atoms with Gasteiger partial charge in [0.15, 0.2) is 0 Å². The third-order valence-electron chi connectivity index (χ3n) is 3.77. The lowest BCUT2D eigenvalue weighted by atomic mass is 10.2. The van der Waals surface area contributed by atoms with Crippen LogP contribution in [-0.4, -0.2) is 15.7 Å². The van der Waals surface area contributed by atoms with Crippen molar-refractivity contribution < 1.29 is 4.79 Å². The Bertz CT molecular complexity index is 681. The first kappa shape index (κ1) is 15.0. The molecule has 1 N–H and O–H groups in total. The summed E-state index contributed by atoms with van der Waals surface area (Å²) in [4.78, 5) is 12.5. The monoisotopic (exact) mass is 459 g/mol. The lowest BCUT2D eigenvalue weighted by Crippen LogP contribution is -2.19. The van der Waals surface area contributed by atoms with Crippen LogP contribution < -0.4 is 5.32 Å². The molecule has 4 nitrogen and oxygen atoms in total. The van der Waals surface area contributed by atoms with Crippen LogP contribution in [-0.2, 0) is 0 Å². The highest BCUT2D eigenvalue weighted by Crippen LogP contribution is 2.40. The second kappa shape index (κ2) is 6.08. The Labute approximate surface area is 145 Å². The Balaban J connectivity index is 1.82. The summed E-state index contributed by atoms with van der Waals surface area (Å²) in [5.74, 6) is 1.34. The number of anilines is 1. The smallest absolute Gasteiger partial charge is 0.257 e. The van der Waals surface area contributed by atoms with Gasteiger partial charge in [-0.15, -0.1) is 0 Å². The molecule has 6 heteroatoms. The van der Waals surface area contributed by atoms with Crippen LogP contribution in [0.3, 0.4) is 0 Å². The SMILES string of the molecule is CC(C1CC1)n1nccc1NC(=O)c1cc(Br)ccc1I. The first-order valence-electron chi connectivity index (χ1n) is 6.86. The standard InChI is InChI=1S/C15H15BrIN3O/c1-9(10-2-3-10)20-14(6-7-18-20)19-15(21)12-8-11(16)4-5-13(12)17/h4-10H,2-3H2,1H3,(H,19,21). The number of nitrogens with one attached hydrogen (secondary N) is 1. The Morgan fingerprint density at radius 2 is 2.24 bits per heavy atom. The summed E-state index contributed by atoms with van der Waals surface area (Å²) in [5, 5.41) is 7.33. The number of benzene rings is 1. The summed E-state index contributed by atoms with van der Waals surface area (Å²) < 4.78 is 3.74. The third-order valence-corrected chi connectivity index (χ3v) is 5.21. The van der Waals surface area contributed by atoms with Crippen LogP contribution in [0.5, 0.6) is 0 Å². The number of carbonyl (C=O) groups is 1. The van der Waals surface area contributed by atoms with Crippen molar-refractivity contribution in [1.82, 2.24) is 9.78 Å². The summed E-state index contributed by atoms with van der Waals surface area (Å²) in [6.07, 6.45) is 4.23. The van der Waals surface area contributed by atoms with Gasteiger partial charge in [-0.25, -0.2) is 4.68 Å². The summed E-state index contributed by atoms with van der Waals surface area (Å²) in [7, 11) is 0. The second-order valence-corrected chi connectivity index (χ2v) is 7.40. The van der Waals surface area contributed by atoms with E-state index < -0.39 is 0 Å². The molecule has 1 amide bonds. The number of nitrogens with zero attached hydrogens (tertiary/aromatic N) is 2. The number of hydrogen-bond acceptors (Lipinski definition) is 2. The van der Waals surface area contributed by atoms with Crippen molar-refractivity contribution in [2.24, 2.45) is 5.92 Å². The molecule has 0 radical (unpaired) electrons. The normalized spacial score (nSPS) is 15.8. The van der Waals surface area contributed by atoms with E-state index >= 15 is 0 Å². The number of hydrogen-bond donors (Lipinski definition) is 1. The van der Waals surface area contributed by atoms with E-state index in [0.29, 0.717) is 17.5 Å². The van der Waals surface area contributed by atoms with E-state index in [1.165, 1.54) is 12.8 Å². The molecule has 110 valence electrons. The maximum atomic E-state index is 12.5. The van der Waals surface area contributed by atoms with Gasteiger partial charge in [0, 0.05) is 14.1 Å². The molecule has 21 heavy (non-hydrogen) atoms.